The molecule has 4 nitrogen and oxygen atoms in total. The molecule has 0 spiro atoms. The lowest BCUT2D eigenvalue weighted by Crippen LogP contribution is -2.08. The topological polar surface area (TPSA) is 55.4 Å². The average molecular weight is 337 g/mol. The van der Waals surface area contributed by atoms with Gasteiger partial charge in [0.25, 0.3) is 0 Å². The molecule has 0 unspecified atom stereocenters. The van der Waals surface area contributed by atoms with Crippen molar-refractivity contribution in [3.8, 4) is 0 Å². The van der Waals surface area contributed by atoms with Gasteiger partial charge in [-0.2, -0.15) is 0 Å². The van der Waals surface area contributed by atoms with Crippen LogP contribution in [0.15, 0.2) is 54.6 Å². The number of nitrogens with one attached hydrogen (secondary N) is 1. The number of hydrogen-bond acceptors (Lipinski definition) is 3. The SMILES string of the molecule is CCOC(=O)c1ccc(NC(=O)C=Cc2ccc(C(C)C)cc2)cc1. The molecule has 2 aromatic rings. The number of amides is 1. The van der Waals surface area contributed by atoms with Crippen molar-refractivity contribution in [3.05, 3.63) is 71.3 Å². The van der Waals surface area contributed by atoms with Gasteiger partial charge in [0.15, 0.2) is 0 Å². The molecule has 0 heterocycles. The Labute approximate surface area is 148 Å². The number of anilines is 1. The normalized spacial score (nSPS) is 10.9. The molecule has 0 saturated carbocycles. The van der Waals surface area contributed by atoms with E-state index in [1.165, 1.54) is 11.6 Å². The molecule has 130 valence electrons. The van der Waals surface area contributed by atoms with E-state index in [1.54, 1.807) is 37.3 Å². The van der Waals surface area contributed by atoms with Gasteiger partial charge in [0.1, 0.15) is 0 Å². The Bertz CT molecular complexity index is 744. The van der Waals surface area contributed by atoms with Gasteiger partial charge in [-0.3, -0.25) is 4.79 Å². The fourth-order valence-electron chi connectivity index (χ4n) is 2.25. The van der Waals surface area contributed by atoms with Crippen LogP contribution in [0, 0.1) is 0 Å². The van der Waals surface area contributed by atoms with E-state index >= 15 is 0 Å². The standard InChI is InChI=1S/C21H23NO3/c1-4-25-21(24)18-10-12-19(13-11-18)22-20(23)14-7-16-5-8-17(9-6-16)15(2)3/h5-15H,4H2,1-3H3,(H,22,23). The summed E-state index contributed by atoms with van der Waals surface area (Å²) in [4.78, 5) is 23.6. The van der Waals surface area contributed by atoms with E-state index in [0.717, 1.165) is 5.56 Å². The predicted octanol–water partition coefficient (Wildman–Crippen LogP) is 4.64. The highest BCUT2D eigenvalue weighted by atomic mass is 16.5. The van der Waals surface area contributed by atoms with Crippen LogP contribution in [0.1, 0.15) is 48.2 Å². The lowest BCUT2D eigenvalue weighted by molar-refractivity contribution is -0.111. The molecule has 0 atom stereocenters. The van der Waals surface area contributed by atoms with Crippen molar-refractivity contribution in [3.63, 3.8) is 0 Å². The van der Waals surface area contributed by atoms with Gasteiger partial charge >= 0.3 is 5.97 Å². The van der Waals surface area contributed by atoms with E-state index in [4.69, 9.17) is 4.74 Å². The first-order valence-electron chi connectivity index (χ1n) is 8.35. The summed E-state index contributed by atoms with van der Waals surface area (Å²) in [7, 11) is 0. The highest BCUT2D eigenvalue weighted by Crippen LogP contribution is 2.15. The molecule has 0 aliphatic carbocycles. The molecule has 0 bridgehead atoms. The van der Waals surface area contributed by atoms with Crippen LogP contribution in [-0.2, 0) is 9.53 Å². The van der Waals surface area contributed by atoms with E-state index in [2.05, 4.69) is 31.3 Å². The van der Waals surface area contributed by atoms with Crippen LogP contribution in [0.2, 0.25) is 0 Å². The van der Waals surface area contributed by atoms with Crippen LogP contribution in [0.3, 0.4) is 0 Å². The zero-order chi connectivity index (χ0) is 18.2. The molecule has 0 aromatic heterocycles. The minimum absolute atomic E-state index is 0.225. The highest BCUT2D eigenvalue weighted by Gasteiger charge is 2.06. The Morgan fingerprint density at radius 1 is 1.04 bits per heavy atom. The maximum Gasteiger partial charge on any atom is 0.338 e. The maximum absolute atomic E-state index is 12.0. The minimum atomic E-state index is -0.370. The van der Waals surface area contributed by atoms with Crippen LogP contribution in [0.5, 0.6) is 0 Å². The molecule has 0 radical (unpaired) electrons. The molecule has 0 aliphatic rings. The zero-order valence-electron chi connectivity index (χ0n) is 14.8. The maximum atomic E-state index is 12.0. The number of rotatable bonds is 6. The summed E-state index contributed by atoms with van der Waals surface area (Å²) >= 11 is 0. The second-order valence-corrected chi connectivity index (χ2v) is 5.94. The smallest absolute Gasteiger partial charge is 0.338 e. The fraction of sp³-hybridized carbons (Fsp3) is 0.238. The third-order valence-corrected chi connectivity index (χ3v) is 3.69. The van der Waals surface area contributed by atoms with Crippen molar-refractivity contribution < 1.29 is 14.3 Å². The van der Waals surface area contributed by atoms with Gasteiger partial charge in [0.05, 0.1) is 12.2 Å². The van der Waals surface area contributed by atoms with Gasteiger partial charge in [-0.15, -0.1) is 0 Å². The lowest BCUT2D eigenvalue weighted by Gasteiger charge is -2.05. The summed E-state index contributed by atoms with van der Waals surface area (Å²) in [5.41, 5.74) is 3.32. The molecule has 25 heavy (non-hydrogen) atoms. The molecule has 2 aromatic carbocycles. The molecule has 0 saturated heterocycles. The molecule has 1 N–H and O–H groups in total. The number of esters is 1. The van der Waals surface area contributed by atoms with Gasteiger partial charge < -0.3 is 10.1 Å². The third-order valence-electron chi connectivity index (χ3n) is 3.69. The summed E-state index contributed by atoms with van der Waals surface area (Å²) in [5.74, 6) is -0.110. The zero-order valence-corrected chi connectivity index (χ0v) is 14.8. The number of hydrogen-bond donors (Lipinski definition) is 1. The number of carbonyl (C=O) groups is 2. The lowest BCUT2D eigenvalue weighted by atomic mass is 10.0. The van der Waals surface area contributed by atoms with E-state index in [1.807, 2.05) is 12.1 Å². The van der Waals surface area contributed by atoms with Gasteiger partial charge in [-0.1, -0.05) is 38.1 Å². The molecule has 2 rings (SSSR count). The van der Waals surface area contributed by atoms with E-state index < -0.39 is 0 Å². The first-order chi connectivity index (χ1) is 12.0. The monoisotopic (exact) mass is 337 g/mol. The van der Waals surface area contributed by atoms with E-state index in [-0.39, 0.29) is 11.9 Å². The molecular formula is C21H23NO3. The Morgan fingerprint density at radius 3 is 2.24 bits per heavy atom. The number of ether oxygens (including phenoxy) is 1. The van der Waals surface area contributed by atoms with Gasteiger partial charge in [0.2, 0.25) is 5.91 Å². The molecule has 0 fully saturated rings. The van der Waals surface area contributed by atoms with Crippen LogP contribution in [0.4, 0.5) is 5.69 Å². The van der Waals surface area contributed by atoms with Crippen LogP contribution < -0.4 is 5.32 Å². The summed E-state index contributed by atoms with van der Waals surface area (Å²) in [6.45, 7) is 6.38. The van der Waals surface area contributed by atoms with Crippen molar-refractivity contribution in [2.45, 2.75) is 26.7 Å². The van der Waals surface area contributed by atoms with Gasteiger partial charge in [0, 0.05) is 11.8 Å². The van der Waals surface area contributed by atoms with Crippen LogP contribution >= 0.6 is 0 Å². The number of carbonyl (C=O) groups excluding carboxylic acids is 2. The summed E-state index contributed by atoms with van der Waals surface area (Å²) in [6, 6.07) is 14.7. The Kier molecular flexibility index (Phi) is 6.52. The average Bonchev–Trinajstić information content (AvgIpc) is 2.61. The predicted molar refractivity (Wildman–Crippen MR) is 101 cm³/mol. The number of benzene rings is 2. The van der Waals surface area contributed by atoms with Crippen molar-refractivity contribution >= 4 is 23.6 Å². The van der Waals surface area contributed by atoms with Crippen molar-refractivity contribution in [2.75, 3.05) is 11.9 Å². The molecular weight excluding hydrogens is 314 g/mol. The van der Waals surface area contributed by atoms with Crippen LogP contribution in [0.25, 0.3) is 6.08 Å². The fourth-order valence-corrected chi connectivity index (χ4v) is 2.25. The van der Waals surface area contributed by atoms with Crippen molar-refractivity contribution in [1.82, 2.24) is 0 Å². The van der Waals surface area contributed by atoms with Crippen molar-refractivity contribution in [2.24, 2.45) is 0 Å². The second-order valence-electron chi connectivity index (χ2n) is 5.94. The molecule has 0 aliphatic heterocycles. The van der Waals surface area contributed by atoms with Gasteiger partial charge in [-0.25, -0.2) is 4.79 Å². The molecule has 4 heteroatoms. The minimum Gasteiger partial charge on any atom is -0.462 e. The second kappa shape index (κ2) is 8.83. The Balaban J connectivity index is 1.94. The van der Waals surface area contributed by atoms with Crippen molar-refractivity contribution in [1.29, 1.82) is 0 Å². The summed E-state index contributed by atoms with van der Waals surface area (Å²) in [5, 5.41) is 2.76. The van der Waals surface area contributed by atoms with Crippen LogP contribution in [-0.4, -0.2) is 18.5 Å². The molecule has 1 amide bonds. The summed E-state index contributed by atoms with van der Waals surface area (Å²) < 4.78 is 4.92. The Hall–Kier alpha value is -2.88. The quantitative estimate of drug-likeness (QED) is 0.617. The first-order valence-corrected chi connectivity index (χ1v) is 8.35. The first kappa shape index (κ1) is 18.5. The Morgan fingerprint density at radius 2 is 1.68 bits per heavy atom. The van der Waals surface area contributed by atoms with Gasteiger partial charge in [-0.05, 0) is 54.3 Å². The van der Waals surface area contributed by atoms with E-state index in [9.17, 15) is 9.59 Å². The largest absolute Gasteiger partial charge is 0.462 e. The summed E-state index contributed by atoms with van der Waals surface area (Å²) in [6.07, 6.45) is 3.26. The van der Waals surface area contributed by atoms with E-state index in [0.29, 0.717) is 23.8 Å². The third kappa shape index (κ3) is 5.60. The highest BCUT2D eigenvalue weighted by molar-refractivity contribution is 6.02.